The molecule has 1 aliphatic rings. The average Bonchev–Trinajstić information content (AvgIpc) is 3.81. The van der Waals surface area contributed by atoms with Crippen molar-refractivity contribution < 1.29 is 43.3 Å². The summed E-state index contributed by atoms with van der Waals surface area (Å²) in [4.78, 5) is 74.8. The predicted molar refractivity (Wildman–Crippen MR) is 268 cm³/mol. The van der Waals surface area contributed by atoms with Crippen LogP contribution in [0.25, 0.3) is 0 Å². The fourth-order valence-corrected chi connectivity index (χ4v) is 9.68. The maximum Gasteiger partial charge on any atom is 0.410 e. The highest BCUT2D eigenvalue weighted by molar-refractivity contribution is 5.92. The van der Waals surface area contributed by atoms with Crippen LogP contribution in [0.2, 0.25) is 0 Å². The van der Waals surface area contributed by atoms with Crippen LogP contribution in [0, 0.1) is 23.7 Å². The van der Waals surface area contributed by atoms with Crippen LogP contribution in [0.4, 0.5) is 10.5 Å². The van der Waals surface area contributed by atoms with Crippen LogP contribution in [-0.4, -0.2) is 134 Å². The lowest BCUT2D eigenvalue weighted by Crippen LogP contribution is -2.60. The van der Waals surface area contributed by atoms with Crippen molar-refractivity contribution in [2.24, 2.45) is 23.7 Å². The summed E-state index contributed by atoms with van der Waals surface area (Å²) in [7, 11) is 8.11. The number of benzene rings is 2. The van der Waals surface area contributed by atoms with E-state index >= 15 is 0 Å². The van der Waals surface area contributed by atoms with Gasteiger partial charge in [-0.3, -0.25) is 24.1 Å². The van der Waals surface area contributed by atoms with Crippen LogP contribution in [0.15, 0.2) is 48.5 Å². The fourth-order valence-electron chi connectivity index (χ4n) is 9.68. The summed E-state index contributed by atoms with van der Waals surface area (Å²) in [5, 5.41) is 20.2. The molecule has 382 valence electrons. The van der Waals surface area contributed by atoms with E-state index in [1.807, 2.05) is 97.1 Å². The summed E-state index contributed by atoms with van der Waals surface area (Å²) < 4.78 is 17.7. The molecule has 11 atom stereocenters. The number of aliphatic hydroxyl groups excluding tert-OH is 1. The minimum atomic E-state index is -0.953. The van der Waals surface area contributed by atoms with Crippen LogP contribution in [0.1, 0.15) is 136 Å². The van der Waals surface area contributed by atoms with Crippen molar-refractivity contribution in [1.29, 1.82) is 0 Å². The Balaban J connectivity index is 1.74. The zero-order valence-corrected chi connectivity index (χ0v) is 43.8. The topological polar surface area (TPSA) is 179 Å². The lowest BCUT2D eigenvalue weighted by molar-refractivity contribution is -0.148. The Morgan fingerprint density at radius 3 is 1.96 bits per heavy atom. The molecule has 2 aromatic carbocycles. The molecular formula is C53H86N6O9. The number of ether oxygens (including phenoxy) is 3. The van der Waals surface area contributed by atoms with Gasteiger partial charge in [0.25, 0.3) is 0 Å². The molecule has 15 heteroatoms. The largest absolute Gasteiger partial charge is 0.445 e. The Kier molecular flexibility index (Phi) is 23.3. The Morgan fingerprint density at radius 1 is 0.809 bits per heavy atom. The molecule has 3 rings (SSSR count). The van der Waals surface area contributed by atoms with Gasteiger partial charge in [0.2, 0.25) is 23.6 Å². The van der Waals surface area contributed by atoms with Crippen molar-refractivity contribution in [3.05, 3.63) is 65.2 Å². The van der Waals surface area contributed by atoms with E-state index in [1.165, 1.54) is 24.6 Å². The number of amides is 5. The van der Waals surface area contributed by atoms with Gasteiger partial charge in [-0.25, -0.2) is 4.79 Å². The minimum Gasteiger partial charge on any atom is -0.445 e. The van der Waals surface area contributed by atoms with Crippen molar-refractivity contribution in [3.63, 3.8) is 0 Å². The number of carbonyl (C=O) groups is 5. The number of likely N-dealkylation sites (tertiary alicyclic amines) is 1. The first-order chi connectivity index (χ1) is 32.2. The summed E-state index contributed by atoms with van der Waals surface area (Å²) in [6, 6.07) is 12.0. The molecule has 1 unspecified atom stereocenters. The summed E-state index contributed by atoms with van der Waals surface area (Å²) in [5.74, 6) is -2.26. The quantitative estimate of drug-likeness (QED) is 0.0737. The van der Waals surface area contributed by atoms with Gasteiger partial charge in [-0.1, -0.05) is 112 Å². The van der Waals surface area contributed by atoms with E-state index in [1.54, 1.807) is 37.8 Å². The number of hydrogen-bond donors (Lipinski definition) is 4. The molecule has 0 saturated carbocycles. The molecule has 15 nitrogen and oxygen atoms in total. The van der Waals surface area contributed by atoms with Gasteiger partial charge in [0.15, 0.2) is 0 Å². The van der Waals surface area contributed by atoms with Crippen molar-refractivity contribution >= 4 is 35.4 Å². The Bertz CT molecular complexity index is 1890. The first-order valence-electron chi connectivity index (χ1n) is 24.8. The van der Waals surface area contributed by atoms with Crippen molar-refractivity contribution in [1.82, 2.24) is 25.3 Å². The molecule has 4 N–H and O–H groups in total. The number of anilines is 1. The lowest BCUT2D eigenvalue weighted by atomic mass is 9.89. The van der Waals surface area contributed by atoms with E-state index in [-0.39, 0.29) is 54.5 Å². The number of likely N-dealkylation sites (N-methyl/N-ethyl adjacent to an activating group) is 2. The Hall–Kier alpha value is -4.73. The molecule has 2 aromatic rings. The van der Waals surface area contributed by atoms with E-state index in [0.717, 1.165) is 36.1 Å². The number of nitrogens with one attached hydrogen (secondary N) is 3. The van der Waals surface area contributed by atoms with Gasteiger partial charge in [0.1, 0.15) is 18.7 Å². The molecule has 0 bridgehead atoms. The minimum absolute atomic E-state index is 0.0273. The van der Waals surface area contributed by atoms with Gasteiger partial charge >= 0.3 is 6.09 Å². The summed E-state index contributed by atoms with van der Waals surface area (Å²) in [5.41, 5.74) is 3.66. The van der Waals surface area contributed by atoms with Crippen molar-refractivity contribution in [2.75, 3.05) is 47.2 Å². The molecule has 0 aromatic heterocycles. The van der Waals surface area contributed by atoms with Crippen LogP contribution >= 0.6 is 0 Å². The summed E-state index contributed by atoms with van der Waals surface area (Å²) >= 11 is 0. The third kappa shape index (κ3) is 15.1. The second kappa shape index (κ2) is 27.5. The number of aliphatic hydroxyl groups is 1. The fraction of sp³-hybridized carbons (Fsp3) is 0.679. The highest BCUT2D eigenvalue weighted by Gasteiger charge is 2.44. The number of nitrogens with zero attached hydrogens (tertiary/aromatic N) is 3. The first-order valence-corrected chi connectivity index (χ1v) is 24.8. The van der Waals surface area contributed by atoms with Gasteiger partial charge in [0.05, 0.1) is 48.8 Å². The number of hydrogen-bond acceptors (Lipinski definition) is 10. The highest BCUT2D eigenvalue weighted by Crippen LogP contribution is 2.31. The van der Waals surface area contributed by atoms with Gasteiger partial charge in [-0.05, 0) is 78.7 Å². The van der Waals surface area contributed by atoms with Gasteiger partial charge in [-0.2, -0.15) is 0 Å². The molecule has 1 heterocycles. The molecule has 0 radical (unpaired) electrons. The number of rotatable bonds is 26. The second-order valence-electron chi connectivity index (χ2n) is 19.7. The maximum absolute atomic E-state index is 14.6. The molecular weight excluding hydrogens is 865 g/mol. The maximum atomic E-state index is 14.6. The smallest absolute Gasteiger partial charge is 0.410 e. The number of carbonyl (C=O) groups excluding carboxylic acids is 5. The Labute approximate surface area is 407 Å². The molecule has 68 heavy (non-hydrogen) atoms. The lowest BCUT2D eigenvalue weighted by Gasteiger charge is -2.41. The van der Waals surface area contributed by atoms with E-state index < -0.39 is 60.4 Å². The summed E-state index contributed by atoms with van der Waals surface area (Å²) in [6.45, 7) is 19.8. The van der Waals surface area contributed by atoms with Crippen LogP contribution in [-0.2, 0) is 40.0 Å². The second-order valence-corrected chi connectivity index (χ2v) is 19.7. The van der Waals surface area contributed by atoms with Crippen LogP contribution < -0.4 is 16.0 Å². The Morgan fingerprint density at radius 2 is 1.43 bits per heavy atom. The van der Waals surface area contributed by atoms with E-state index in [2.05, 4.69) is 29.8 Å². The van der Waals surface area contributed by atoms with E-state index in [4.69, 9.17) is 14.2 Å². The third-order valence-electron chi connectivity index (χ3n) is 14.1. The molecule has 5 amide bonds. The van der Waals surface area contributed by atoms with Crippen molar-refractivity contribution in [2.45, 2.75) is 169 Å². The SMILES string of the molecule is CCCC(C)c1ccc([C@H](O)[C@@H](C)NC(=O)[C@H](C)[C@@H](OC)[C@@H]2CCCN2C(=O)C[C@@H](OC)[C@H]([C@@H](C)CC)N(C)C(=O)[C@@H](NC(=O)[C@H](C(C)C)N(C)C(=O)OCc2ccc(NC)cc2)C(C)C)cc1. The third-order valence-corrected chi connectivity index (χ3v) is 14.1. The first kappa shape index (κ1) is 57.6. The molecule has 1 aliphatic heterocycles. The van der Waals surface area contributed by atoms with Crippen molar-refractivity contribution in [3.8, 4) is 0 Å². The number of methoxy groups -OCH3 is 2. The monoisotopic (exact) mass is 951 g/mol. The molecule has 1 saturated heterocycles. The summed E-state index contributed by atoms with van der Waals surface area (Å²) in [6.07, 6.45) is 1.27. The molecule has 0 aliphatic carbocycles. The van der Waals surface area contributed by atoms with E-state index in [9.17, 15) is 29.1 Å². The van der Waals surface area contributed by atoms with Crippen LogP contribution in [0.3, 0.4) is 0 Å². The van der Waals surface area contributed by atoms with Gasteiger partial charge < -0.3 is 45.1 Å². The zero-order chi connectivity index (χ0) is 51.0. The van der Waals surface area contributed by atoms with E-state index in [0.29, 0.717) is 25.3 Å². The molecule has 0 spiro atoms. The van der Waals surface area contributed by atoms with Crippen LogP contribution in [0.5, 0.6) is 0 Å². The molecule has 1 fully saturated rings. The zero-order valence-electron chi connectivity index (χ0n) is 43.8. The normalized spacial score (nSPS) is 18.3. The van der Waals surface area contributed by atoms with Gasteiger partial charge in [0, 0.05) is 47.6 Å². The van der Waals surface area contributed by atoms with Gasteiger partial charge in [-0.15, -0.1) is 0 Å². The standard InChI is InChI=1S/C53H86N6O9/c1-16-19-35(8)39-23-25-40(26-24-39)48(61)37(10)55-50(62)36(9)49(67-15)42-20-18-29-59(42)44(60)30-43(66-14)47(34(7)17-2)57(12)52(64)45(32(3)4)56-51(63)46(33(5)6)58(13)53(65)68-31-38-21-27-41(54-11)28-22-38/h21-28,32-37,42-43,45-49,54,61H,16-20,29-31H2,1-15H3,(H,55,62)(H,56,63)/t34-,35?,36+,37+,42-,43+,45-,46-,47-,48+,49+/m0/s1. The predicted octanol–water partition coefficient (Wildman–Crippen LogP) is 7.52. The highest BCUT2D eigenvalue weighted by atomic mass is 16.6. The average molecular weight is 951 g/mol.